The highest BCUT2D eigenvalue weighted by atomic mass is 35.5. The maximum atomic E-state index is 14.2. The first-order chi connectivity index (χ1) is 12.7. The molecule has 0 atom stereocenters. The van der Waals surface area contributed by atoms with Crippen molar-refractivity contribution in [3.05, 3.63) is 57.8 Å². The molecular formula is C18H19Cl2FN2O3S. The Hall–Kier alpha value is -1.67. The molecule has 2 aromatic rings. The van der Waals surface area contributed by atoms with Crippen molar-refractivity contribution < 1.29 is 17.6 Å². The van der Waals surface area contributed by atoms with Crippen molar-refractivity contribution in [3.63, 3.8) is 0 Å². The Morgan fingerprint density at radius 3 is 2.48 bits per heavy atom. The highest BCUT2D eigenvalue weighted by Gasteiger charge is 2.25. The summed E-state index contributed by atoms with van der Waals surface area (Å²) in [5.74, 6) is -1.51. The fourth-order valence-electron chi connectivity index (χ4n) is 2.29. The fourth-order valence-corrected chi connectivity index (χ4v) is 3.88. The predicted octanol–water partition coefficient (Wildman–Crippen LogP) is 4.81. The summed E-state index contributed by atoms with van der Waals surface area (Å²) in [5, 5.41) is 3.17. The second kappa shape index (κ2) is 9.01. The standard InChI is InChI=1S/C18H19Cl2FN2O3S/c1-3-4-9-23(2)27(25,26)17-10-12(5-8-16(17)21)18(24)22-13-6-7-14(19)15(20)11-13/h5-8,10-11H,3-4,9H2,1-2H3,(H,22,24). The van der Waals surface area contributed by atoms with Gasteiger partial charge in [-0.25, -0.2) is 17.1 Å². The smallest absolute Gasteiger partial charge is 0.255 e. The number of nitrogens with one attached hydrogen (secondary N) is 1. The van der Waals surface area contributed by atoms with Crippen LogP contribution in [0.5, 0.6) is 0 Å². The molecular weight excluding hydrogens is 414 g/mol. The highest BCUT2D eigenvalue weighted by molar-refractivity contribution is 7.89. The lowest BCUT2D eigenvalue weighted by Gasteiger charge is -2.17. The first-order valence-electron chi connectivity index (χ1n) is 8.19. The van der Waals surface area contributed by atoms with Crippen LogP contribution in [0.25, 0.3) is 0 Å². The minimum absolute atomic E-state index is 0.00457. The van der Waals surface area contributed by atoms with Crippen LogP contribution in [0.2, 0.25) is 10.0 Å². The Morgan fingerprint density at radius 2 is 1.85 bits per heavy atom. The van der Waals surface area contributed by atoms with E-state index in [0.717, 1.165) is 22.9 Å². The second-order valence-electron chi connectivity index (χ2n) is 5.91. The van der Waals surface area contributed by atoms with Gasteiger partial charge in [-0.3, -0.25) is 4.79 Å². The zero-order valence-electron chi connectivity index (χ0n) is 14.8. The number of amides is 1. The van der Waals surface area contributed by atoms with Gasteiger partial charge in [-0.2, -0.15) is 0 Å². The number of hydrogen-bond acceptors (Lipinski definition) is 3. The first-order valence-corrected chi connectivity index (χ1v) is 10.4. The third-order valence-electron chi connectivity index (χ3n) is 3.89. The minimum atomic E-state index is -4.04. The van der Waals surface area contributed by atoms with Gasteiger partial charge in [-0.1, -0.05) is 36.5 Å². The number of carbonyl (C=O) groups is 1. The molecule has 0 heterocycles. The van der Waals surface area contributed by atoms with Gasteiger partial charge in [0.25, 0.3) is 5.91 Å². The third kappa shape index (κ3) is 5.19. The number of rotatable bonds is 7. The van der Waals surface area contributed by atoms with E-state index in [-0.39, 0.29) is 17.1 Å². The van der Waals surface area contributed by atoms with E-state index in [1.165, 1.54) is 25.2 Å². The van der Waals surface area contributed by atoms with Crippen LogP contribution in [0.1, 0.15) is 30.1 Å². The minimum Gasteiger partial charge on any atom is -0.322 e. The van der Waals surface area contributed by atoms with Crippen LogP contribution in [-0.4, -0.2) is 32.2 Å². The van der Waals surface area contributed by atoms with Crippen molar-refractivity contribution in [2.75, 3.05) is 18.9 Å². The number of unbranched alkanes of at least 4 members (excludes halogenated alkanes) is 1. The molecule has 0 saturated heterocycles. The maximum absolute atomic E-state index is 14.2. The Morgan fingerprint density at radius 1 is 1.15 bits per heavy atom. The van der Waals surface area contributed by atoms with E-state index < -0.39 is 26.6 Å². The maximum Gasteiger partial charge on any atom is 0.255 e. The van der Waals surface area contributed by atoms with Gasteiger partial charge in [0.1, 0.15) is 10.7 Å². The summed E-state index contributed by atoms with van der Waals surface area (Å²) in [6.45, 7) is 2.19. The van der Waals surface area contributed by atoms with Crippen LogP contribution >= 0.6 is 23.2 Å². The molecule has 0 unspecified atom stereocenters. The number of nitrogens with zero attached hydrogens (tertiary/aromatic N) is 1. The van der Waals surface area contributed by atoms with E-state index >= 15 is 0 Å². The topological polar surface area (TPSA) is 66.5 Å². The van der Waals surface area contributed by atoms with Crippen LogP contribution in [0.4, 0.5) is 10.1 Å². The predicted molar refractivity (Wildman–Crippen MR) is 106 cm³/mol. The van der Waals surface area contributed by atoms with Gasteiger partial charge >= 0.3 is 0 Å². The van der Waals surface area contributed by atoms with Crippen molar-refractivity contribution in [1.29, 1.82) is 0 Å². The number of sulfonamides is 1. The molecule has 0 spiro atoms. The number of carbonyl (C=O) groups excluding carboxylic acids is 1. The molecule has 9 heteroatoms. The number of anilines is 1. The van der Waals surface area contributed by atoms with Crippen molar-refractivity contribution in [1.82, 2.24) is 4.31 Å². The van der Waals surface area contributed by atoms with Crippen LogP contribution in [-0.2, 0) is 10.0 Å². The lowest BCUT2D eigenvalue weighted by molar-refractivity contribution is 0.102. The summed E-state index contributed by atoms with van der Waals surface area (Å²) in [6.07, 6.45) is 1.45. The average molecular weight is 433 g/mol. The molecule has 0 radical (unpaired) electrons. The van der Waals surface area contributed by atoms with Gasteiger partial charge in [0.05, 0.1) is 10.0 Å². The number of benzene rings is 2. The fraction of sp³-hybridized carbons (Fsp3) is 0.278. The molecule has 0 saturated carbocycles. The van der Waals surface area contributed by atoms with E-state index in [1.54, 1.807) is 6.07 Å². The Labute approximate surface area is 168 Å². The van der Waals surface area contributed by atoms with Gasteiger partial charge in [0.15, 0.2) is 0 Å². The molecule has 0 aromatic heterocycles. The average Bonchev–Trinajstić information content (AvgIpc) is 2.62. The van der Waals surface area contributed by atoms with E-state index in [9.17, 15) is 17.6 Å². The molecule has 146 valence electrons. The van der Waals surface area contributed by atoms with Gasteiger partial charge in [0, 0.05) is 24.8 Å². The zero-order chi connectivity index (χ0) is 20.2. The summed E-state index contributed by atoms with van der Waals surface area (Å²) in [4.78, 5) is 11.9. The first kappa shape index (κ1) is 21.6. The van der Waals surface area contributed by atoms with Crippen molar-refractivity contribution in [3.8, 4) is 0 Å². The normalized spacial score (nSPS) is 11.6. The number of halogens is 3. The van der Waals surface area contributed by atoms with Crippen LogP contribution < -0.4 is 5.32 Å². The summed E-state index contributed by atoms with van der Waals surface area (Å²) < 4.78 is 40.4. The Bertz CT molecular complexity index is 952. The van der Waals surface area contributed by atoms with Gasteiger partial charge < -0.3 is 5.32 Å². The monoisotopic (exact) mass is 432 g/mol. The van der Waals surface area contributed by atoms with E-state index in [4.69, 9.17) is 23.2 Å². The molecule has 0 aliphatic carbocycles. The van der Waals surface area contributed by atoms with Gasteiger partial charge in [-0.15, -0.1) is 0 Å². The lowest BCUT2D eigenvalue weighted by atomic mass is 10.2. The molecule has 5 nitrogen and oxygen atoms in total. The largest absolute Gasteiger partial charge is 0.322 e. The molecule has 27 heavy (non-hydrogen) atoms. The van der Waals surface area contributed by atoms with E-state index in [2.05, 4.69) is 5.32 Å². The van der Waals surface area contributed by atoms with Crippen molar-refractivity contribution in [2.24, 2.45) is 0 Å². The van der Waals surface area contributed by atoms with E-state index in [0.29, 0.717) is 17.1 Å². The Balaban J connectivity index is 2.30. The van der Waals surface area contributed by atoms with E-state index in [1.807, 2.05) is 6.92 Å². The number of hydrogen-bond donors (Lipinski definition) is 1. The molecule has 1 amide bonds. The molecule has 0 aliphatic heterocycles. The van der Waals surface area contributed by atoms with Crippen molar-refractivity contribution >= 4 is 44.8 Å². The summed E-state index contributed by atoms with van der Waals surface area (Å²) in [6, 6.07) is 7.73. The van der Waals surface area contributed by atoms with Gasteiger partial charge in [0.2, 0.25) is 10.0 Å². The molecule has 2 rings (SSSR count). The molecule has 0 bridgehead atoms. The zero-order valence-corrected chi connectivity index (χ0v) is 17.1. The molecule has 0 aliphatic rings. The Kier molecular flexibility index (Phi) is 7.22. The second-order valence-corrected chi connectivity index (χ2v) is 8.74. The summed E-state index contributed by atoms with van der Waals surface area (Å²) in [5.41, 5.74) is 0.383. The van der Waals surface area contributed by atoms with Crippen LogP contribution in [0, 0.1) is 5.82 Å². The van der Waals surface area contributed by atoms with Crippen LogP contribution in [0.3, 0.4) is 0 Å². The SMILES string of the molecule is CCCCN(C)S(=O)(=O)c1cc(C(=O)Nc2ccc(Cl)c(Cl)c2)ccc1F. The summed E-state index contributed by atoms with van der Waals surface area (Å²) in [7, 11) is -2.66. The van der Waals surface area contributed by atoms with Crippen molar-refractivity contribution in [2.45, 2.75) is 24.7 Å². The van der Waals surface area contributed by atoms with Crippen LogP contribution in [0.15, 0.2) is 41.3 Å². The molecule has 0 fully saturated rings. The van der Waals surface area contributed by atoms with Gasteiger partial charge in [-0.05, 0) is 42.8 Å². The lowest BCUT2D eigenvalue weighted by Crippen LogP contribution is -2.29. The molecule has 2 aromatic carbocycles. The summed E-state index contributed by atoms with van der Waals surface area (Å²) >= 11 is 11.7. The quantitative estimate of drug-likeness (QED) is 0.682. The highest BCUT2D eigenvalue weighted by Crippen LogP contribution is 2.26. The third-order valence-corrected chi connectivity index (χ3v) is 6.50. The molecule has 1 N–H and O–H groups in total.